The van der Waals surface area contributed by atoms with E-state index in [4.69, 9.17) is 0 Å². The number of anilines is 3. The Hall–Kier alpha value is -6.42. The van der Waals surface area contributed by atoms with Crippen LogP contribution in [-0.4, -0.2) is 12.6 Å². The summed E-state index contributed by atoms with van der Waals surface area (Å²) in [6.07, 6.45) is 0. The first-order valence-electron chi connectivity index (χ1n) is 19.8. The summed E-state index contributed by atoms with van der Waals surface area (Å²) in [4.78, 5) is 2.51. The zero-order valence-corrected chi connectivity index (χ0v) is 33.2. The summed E-state index contributed by atoms with van der Waals surface area (Å²) in [7, 11) is -1.91. The largest absolute Gasteiger partial charge is 0.310 e. The molecule has 2 heterocycles. The standard InChI is InChI=1S/C53H42N2Si/c1-53(2)47-19-11-8-16-41(47)42-29-26-39(33-48(42)53)54(40-27-30-45-44-18-10-13-21-51(44)56(3,4)52(45)34-40)38-28-31-50-46(32-38)43-17-9-12-20-49(43)55(50)37-24-22-36(23-25-37)35-14-6-5-7-15-35/h5-34H,1-4H3. The van der Waals surface area contributed by atoms with Gasteiger partial charge in [-0.15, -0.1) is 0 Å². The molecule has 0 spiro atoms. The van der Waals surface area contributed by atoms with E-state index in [2.05, 4.69) is 218 Å². The lowest BCUT2D eigenvalue weighted by Gasteiger charge is -2.29. The quantitative estimate of drug-likeness (QED) is 0.160. The highest BCUT2D eigenvalue weighted by Gasteiger charge is 2.39. The van der Waals surface area contributed by atoms with E-state index in [1.54, 1.807) is 0 Å². The topological polar surface area (TPSA) is 8.17 Å². The van der Waals surface area contributed by atoms with Crippen molar-refractivity contribution < 1.29 is 0 Å². The van der Waals surface area contributed by atoms with Gasteiger partial charge in [0.2, 0.25) is 0 Å². The molecular weight excluding hydrogens is 693 g/mol. The van der Waals surface area contributed by atoms with Gasteiger partial charge in [0.25, 0.3) is 0 Å². The van der Waals surface area contributed by atoms with Crippen LogP contribution < -0.4 is 15.3 Å². The van der Waals surface area contributed by atoms with Crippen molar-refractivity contribution in [3.05, 3.63) is 193 Å². The number of hydrogen-bond acceptors (Lipinski definition) is 1. The molecule has 268 valence electrons. The highest BCUT2D eigenvalue weighted by atomic mass is 28.3. The number of nitrogens with zero attached hydrogens (tertiary/aromatic N) is 2. The maximum atomic E-state index is 2.51. The molecule has 1 aliphatic carbocycles. The molecule has 0 N–H and O–H groups in total. The molecule has 0 saturated carbocycles. The van der Waals surface area contributed by atoms with Gasteiger partial charge in [-0.25, -0.2) is 0 Å². The normalized spacial score (nSPS) is 14.4. The molecule has 3 heteroatoms. The first kappa shape index (κ1) is 33.0. The smallest absolute Gasteiger partial charge is 0.113 e. The van der Waals surface area contributed by atoms with E-state index in [1.165, 1.54) is 88.1 Å². The third-order valence-corrected chi connectivity index (χ3v) is 16.3. The van der Waals surface area contributed by atoms with Gasteiger partial charge < -0.3 is 9.47 Å². The Morgan fingerprint density at radius 1 is 0.429 bits per heavy atom. The molecule has 9 aromatic rings. The summed E-state index contributed by atoms with van der Waals surface area (Å²) in [5.74, 6) is 0. The number of hydrogen-bond donors (Lipinski definition) is 0. The minimum atomic E-state index is -1.91. The third-order valence-electron chi connectivity index (χ3n) is 12.8. The van der Waals surface area contributed by atoms with Crippen molar-refractivity contribution >= 4 is 57.3 Å². The Kier molecular flexibility index (Phi) is 7.08. The van der Waals surface area contributed by atoms with Crippen molar-refractivity contribution in [2.24, 2.45) is 0 Å². The Bertz CT molecular complexity index is 2920. The van der Waals surface area contributed by atoms with Crippen LogP contribution in [0.15, 0.2) is 182 Å². The van der Waals surface area contributed by atoms with Crippen molar-refractivity contribution in [3.63, 3.8) is 0 Å². The van der Waals surface area contributed by atoms with Gasteiger partial charge in [0.1, 0.15) is 8.07 Å². The van der Waals surface area contributed by atoms with E-state index in [0.29, 0.717) is 0 Å². The molecule has 2 aliphatic rings. The van der Waals surface area contributed by atoms with Crippen LogP contribution in [0, 0.1) is 0 Å². The fraction of sp³-hybridized carbons (Fsp3) is 0.0943. The minimum absolute atomic E-state index is 0.102. The zero-order valence-electron chi connectivity index (χ0n) is 32.2. The Morgan fingerprint density at radius 3 is 1.82 bits per heavy atom. The Morgan fingerprint density at radius 2 is 1.00 bits per heavy atom. The van der Waals surface area contributed by atoms with E-state index in [1.807, 2.05) is 0 Å². The van der Waals surface area contributed by atoms with Gasteiger partial charge in [0.15, 0.2) is 0 Å². The summed E-state index contributed by atoms with van der Waals surface area (Å²) >= 11 is 0. The average molecular weight is 735 g/mol. The number of rotatable bonds is 5. The van der Waals surface area contributed by atoms with Gasteiger partial charge in [-0.3, -0.25) is 0 Å². The maximum Gasteiger partial charge on any atom is 0.113 e. The molecule has 2 nitrogen and oxygen atoms in total. The number of aromatic nitrogens is 1. The van der Waals surface area contributed by atoms with Crippen molar-refractivity contribution in [1.29, 1.82) is 0 Å². The van der Waals surface area contributed by atoms with Crippen molar-refractivity contribution in [3.8, 4) is 39.1 Å². The van der Waals surface area contributed by atoms with Crippen LogP contribution in [0.4, 0.5) is 17.1 Å². The lowest BCUT2D eigenvalue weighted by Crippen LogP contribution is -2.49. The second-order valence-electron chi connectivity index (χ2n) is 16.6. The average Bonchev–Trinajstić information content (AvgIpc) is 3.78. The van der Waals surface area contributed by atoms with Crippen LogP contribution in [0.2, 0.25) is 13.1 Å². The molecular formula is C53H42N2Si. The van der Waals surface area contributed by atoms with Crippen molar-refractivity contribution in [1.82, 2.24) is 4.57 Å². The number of benzene rings is 8. The summed E-state index contributed by atoms with van der Waals surface area (Å²) in [5, 5.41) is 5.53. The van der Waals surface area contributed by atoms with Gasteiger partial charge in [-0.05, 0) is 116 Å². The first-order valence-corrected chi connectivity index (χ1v) is 22.8. The lowest BCUT2D eigenvalue weighted by molar-refractivity contribution is 0.660. The molecule has 0 fully saturated rings. The minimum Gasteiger partial charge on any atom is -0.310 e. The lowest BCUT2D eigenvalue weighted by atomic mass is 9.82. The SMILES string of the molecule is CC1(C)c2ccccc2-c2ccc(N(c3ccc4c(c3)[Si](C)(C)c3ccccc3-4)c3ccc4c(c3)c3ccccc3n4-c3ccc(-c4ccccc4)cc3)cc21. The predicted octanol–water partition coefficient (Wildman–Crippen LogP) is 13.0. The predicted molar refractivity (Wildman–Crippen MR) is 241 cm³/mol. The summed E-state index contributed by atoms with van der Waals surface area (Å²) < 4.78 is 2.42. The van der Waals surface area contributed by atoms with E-state index < -0.39 is 8.07 Å². The first-order chi connectivity index (χ1) is 27.3. The second kappa shape index (κ2) is 12.0. The molecule has 0 atom stereocenters. The Balaban J connectivity index is 1.11. The fourth-order valence-electron chi connectivity index (χ4n) is 9.92. The van der Waals surface area contributed by atoms with Gasteiger partial charge in [0, 0.05) is 38.9 Å². The molecule has 0 bridgehead atoms. The van der Waals surface area contributed by atoms with E-state index in [9.17, 15) is 0 Å². The van der Waals surface area contributed by atoms with E-state index >= 15 is 0 Å². The maximum absolute atomic E-state index is 2.51. The molecule has 1 aliphatic heterocycles. The summed E-state index contributed by atoms with van der Waals surface area (Å²) in [5.41, 5.74) is 17.7. The van der Waals surface area contributed by atoms with Crippen LogP contribution in [0.3, 0.4) is 0 Å². The highest BCUT2D eigenvalue weighted by Crippen LogP contribution is 2.51. The van der Waals surface area contributed by atoms with Crippen molar-refractivity contribution in [2.75, 3.05) is 4.90 Å². The molecule has 0 radical (unpaired) electrons. The Labute approximate surface area is 330 Å². The second-order valence-corrected chi connectivity index (χ2v) is 20.9. The molecule has 1 aromatic heterocycles. The van der Waals surface area contributed by atoms with Crippen LogP contribution in [0.5, 0.6) is 0 Å². The number of fused-ring (bicyclic) bond motifs is 9. The zero-order chi connectivity index (χ0) is 37.8. The highest BCUT2D eigenvalue weighted by molar-refractivity contribution is 7.03. The summed E-state index contributed by atoms with van der Waals surface area (Å²) in [6.45, 7) is 9.77. The van der Waals surface area contributed by atoms with E-state index in [-0.39, 0.29) is 5.41 Å². The monoisotopic (exact) mass is 734 g/mol. The van der Waals surface area contributed by atoms with Gasteiger partial charge >= 0.3 is 0 Å². The fourth-order valence-corrected chi connectivity index (χ4v) is 13.0. The van der Waals surface area contributed by atoms with E-state index in [0.717, 1.165) is 11.4 Å². The number of para-hydroxylation sites is 1. The van der Waals surface area contributed by atoms with Crippen molar-refractivity contribution in [2.45, 2.75) is 32.4 Å². The molecule has 0 unspecified atom stereocenters. The molecule has 0 saturated heterocycles. The van der Waals surface area contributed by atoms with Crippen LogP contribution >= 0.6 is 0 Å². The summed E-state index contributed by atoms with van der Waals surface area (Å²) in [6, 6.07) is 67.9. The third kappa shape index (κ3) is 4.74. The molecule has 0 amide bonds. The molecule has 8 aromatic carbocycles. The van der Waals surface area contributed by atoms with Crippen LogP contribution in [0.25, 0.3) is 60.9 Å². The van der Waals surface area contributed by atoms with Gasteiger partial charge in [0.05, 0.1) is 11.0 Å². The van der Waals surface area contributed by atoms with Gasteiger partial charge in [-0.2, -0.15) is 0 Å². The van der Waals surface area contributed by atoms with Crippen LogP contribution in [-0.2, 0) is 5.41 Å². The van der Waals surface area contributed by atoms with Crippen LogP contribution in [0.1, 0.15) is 25.0 Å². The molecule has 11 rings (SSSR count). The molecule has 56 heavy (non-hydrogen) atoms. The van der Waals surface area contributed by atoms with Gasteiger partial charge in [-0.1, -0.05) is 148 Å².